The topological polar surface area (TPSA) is 108 Å². The highest BCUT2D eigenvalue weighted by Gasteiger charge is 2.16. The van der Waals surface area contributed by atoms with E-state index in [2.05, 4.69) is 5.32 Å². The summed E-state index contributed by atoms with van der Waals surface area (Å²) in [5.41, 5.74) is 1.93. The zero-order valence-corrected chi connectivity index (χ0v) is 14.6. The largest absolute Gasteiger partial charge is 0.495 e. The van der Waals surface area contributed by atoms with Gasteiger partial charge in [-0.3, -0.25) is 14.9 Å². The number of non-ortho nitro benzene ring substituents is 1. The Bertz CT molecular complexity index is 863. The molecule has 2 aromatic rings. The molecule has 1 amide bonds. The van der Waals surface area contributed by atoms with Gasteiger partial charge in [-0.15, -0.1) is 0 Å². The number of nitro groups is 1. The number of nitrogens with zero attached hydrogens (tertiary/aromatic N) is 1. The van der Waals surface area contributed by atoms with E-state index in [1.165, 1.54) is 25.3 Å². The summed E-state index contributed by atoms with van der Waals surface area (Å²) < 4.78 is 10.1. The predicted octanol–water partition coefficient (Wildman–Crippen LogP) is 3.02. The molecule has 0 saturated carbocycles. The van der Waals surface area contributed by atoms with Gasteiger partial charge in [0.05, 0.1) is 23.3 Å². The molecule has 26 heavy (non-hydrogen) atoms. The Morgan fingerprint density at radius 2 is 1.88 bits per heavy atom. The summed E-state index contributed by atoms with van der Waals surface area (Å²) in [6.45, 7) is 3.08. The van der Waals surface area contributed by atoms with Crippen LogP contribution in [0.15, 0.2) is 36.4 Å². The summed E-state index contributed by atoms with van der Waals surface area (Å²) in [5.74, 6) is -1.00. The molecule has 1 N–H and O–H groups in total. The Kier molecular flexibility index (Phi) is 5.90. The lowest BCUT2D eigenvalue weighted by atomic mass is 10.1. The monoisotopic (exact) mass is 358 g/mol. The molecule has 0 unspecified atom stereocenters. The van der Waals surface area contributed by atoms with Gasteiger partial charge < -0.3 is 14.8 Å². The van der Waals surface area contributed by atoms with Crippen LogP contribution in [-0.4, -0.2) is 30.5 Å². The second kappa shape index (κ2) is 8.11. The van der Waals surface area contributed by atoms with Gasteiger partial charge in [-0.05, 0) is 31.5 Å². The van der Waals surface area contributed by atoms with Crippen LogP contribution in [0, 0.1) is 24.0 Å². The van der Waals surface area contributed by atoms with Crippen LogP contribution in [0.1, 0.15) is 21.5 Å². The number of carbonyl (C=O) groups is 2. The van der Waals surface area contributed by atoms with Gasteiger partial charge in [-0.25, -0.2) is 4.79 Å². The summed E-state index contributed by atoms with van der Waals surface area (Å²) in [6.07, 6.45) is 0. The lowest BCUT2D eigenvalue weighted by Gasteiger charge is -2.11. The summed E-state index contributed by atoms with van der Waals surface area (Å²) in [5, 5.41) is 13.3. The number of esters is 1. The van der Waals surface area contributed by atoms with Gasteiger partial charge in [0.15, 0.2) is 6.61 Å². The van der Waals surface area contributed by atoms with E-state index >= 15 is 0 Å². The minimum atomic E-state index is -0.637. The maximum Gasteiger partial charge on any atom is 0.338 e. The average molecular weight is 358 g/mol. The van der Waals surface area contributed by atoms with Crippen molar-refractivity contribution in [1.29, 1.82) is 0 Å². The van der Waals surface area contributed by atoms with E-state index in [1.54, 1.807) is 19.1 Å². The molecular formula is C18H18N2O6. The summed E-state index contributed by atoms with van der Waals surface area (Å²) in [4.78, 5) is 34.4. The first kappa shape index (κ1) is 18.9. The van der Waals surface area contributed by atoms with Crippen LogP contribution < -0.4 is 10.1 Å². The number of nitrogens with one attached hydrogen (secondary N) is 1. The standard InChI is InChI=1S/C18H18N2O6/c1-11-4-5-12(2)14(8-11)18(22)26-10-17(21)19-15-9-13(20(23)24)6-7-16(15)25-3/h4-9H,10H2,1-3H3,(H,19,21). The lowest BCUT2D eigenvalue weighted by molar-refractivity contribution is -0.384. The third-order valence-corrected chi connectivity index (χ3v) is 3.62. The van der Waals surface area contributed by atoms with Crippen LogP contribution in [-0.2, 0) is 9.53 Å². The summed E-state index contributed by atoms with van der Waals surface area (Å²) >= 11 is 0. The summed E-state index contributed by atoms with van der Waals surface area (Å²) in [7, 11) is 1.37. The van der Waals surface area contributed by atoms with Crippen LogP contribution in [0.5, 0.6) is 5.75 Å². The van der Waals surface area contributed by atoms with E-state index < -0.39 is 23.4 Å². The second-order valence-electron chi connectivity index (χ2n) is 5.58. The number of hydrogen-bond donors (Lipinski definition) is 1. The van der Waals surface area contributed by atoms with Crippen molar-refractivity contribution in [2.45, 2.75) is 13.8 Å². The van der Waals surface area contributed by atoms with Gasteiger partial charge in [-0.2, -0.15) is 0 Å². The second-order valence-corrected chi connectivity index (χ2v) is 5.58. The van der Waals surface area contributed by atoms with Gasteiger partial charge in [0.1, 0.15) is 5.75 Å². The van der Waals surface area contributed by atoms with Gasteiger partial charge in [0, 0.05) is 12.1 Å². The highest BCUT2D eigenvalue weighted by atomic mass is 16.6. The smallest absolute Gasteiger partial charge is 0.338 e. The maximum absolute atomic E-state index is 12.1. The molecule has 0 saturated heterocycles. The minimum Gasteiger partial charge on any atom is -0.495 e. The molecule has 0 heterocycles. The van der Waals surface area contributed by atoms with E-state index in [9.17, 15) is 19.7 Å². The van der Waals surface area contributed by atoms with Crippen LogP contribution in [0.25, 0.3) is 0 Å². The van der Waals surface area contributed by atoms with Crippen molar-refractivity contribution in [3.8, 4) is 5.75 Å². The Morgan fingerprint density at radius 3 is 2.54 bits per heavy atom. The fraction of sp³-hybridized carbons (Fsp3) is 0.222. The van der Waals surface area contributed by atoms with Crippen LogP contribution in [0.2, 0.25) is 0 Å². The molecule has 0 spiro atoms. The first-order chi connectivity index (χ1) is 12.3. The zero-order chi connectivity index (χ0) is 19.3. The number of benzene rings is 2. The van der Waals surface area contributed by atoms with Gasteiger partial charge in [0.25, 0.3) is 11.6 Å². The summed E-state index contributed by atoms with van der Waals surface area (Å²) in [6, 6.07) is 9.14. The Balaban J connectivity index is 2.05. The number of carbonyl (C=O) groups excluding carboxylic acids is 2. The first-order valence-corrected chi connectivity index (χ1v) is 7.68. The predicted molar refractivity (Wildman–Crippen MR) is 94.5 cm³/mol. The molecular weight excluding hydrogens is 340 g/mol. The van der Waals surface area contributed by atoms with Crippen molar-refractivity contribution in [2.24, 2.45) is 0 Å². The van der Waals surface area contributed by atoms with Crippen LogP contribution in [0.3, 0.4) is 0 Å². The fourth-order valence-corrected chi connectivity index (χ4v) is 2.26. The van der Waals surface area contributed by atoms with E-state index in [0.29, 0.717) is 5.56 Å². The zero-order valence-electron chi connectivity index (χ0n) is 14.6. The molecule has 0 aliphatic heterocycles. The number of amides is 1. The van der Waals surface area contributed by atoms with E-state index in [-0.39, 0.29) is 17.1 Å². The van der Waals surface area contributed by atoms with Crippen LogP contribution in [0.4, 0.5) is 11.4 Å². The molecule has 2 rings (SSSR count). The third kappa shape index (κ3) is 4.56. The average Bonchev–Trinajstić information content (AvgIpc) is 2.61. The number of hydrogen-bond acceptors (Lipinski definition) is 6. The van der Waals surface area contributed by atoms with Crippen molar-refractivity contribution in [1.82, 2.24) is 0 Å². The number of rotatable bonds is 6. The van der Waals surface area contributed by atoms with Gasteiger partial charge >= 0.3 is 5.97 Å². The maximum atomic E-state index is 12.1. The Labute approximate surface area is 149 Å². The SMILES string of the molecule is COc1ccc([N+](=O)[O-])cc1NC(=O)COC(=O)c1cc(C)ccc1C. The van der Waals surface area contributed by atoms with Crippen molar-refractivity contribution >= 4 is 23.3 Å². The normalized spacial score (nSPS) is 10.1. The molecule has 8 nitrogen and oxygen atoms in total. The van der Waals surface area contributed by atoms with Crippen molar-refractivity contribution in [3.05, 3.63) is 63.2 Å². The van der Waals surface area contributed by atoms with Gasteiger partial charge in [0.2, 0.25) is 0 Å². The lowest BCUT2D eigenvalue weighted by Crippen LogP contribution is -2.21. The number of aryl methyl sites for hydroxylation is 2. The van der Waals surface area contributed by atoms with E-state index in [0.717, 1.165) is 11.1 Å². The Hall–Kier alpha value is -3.42. The molecule has 0 aromatic heterocycles. The number of nitro benzene ring substituents is 1. The van der Waals surface area contributed by atoms with Crippen LogP contribution >= 0.6 is 0 Å². The first-order valence-electron chi connectivity index (χ1n) is 7.68. The molecule has 0 atom stereocenters. The molecule has 0 fully saturated rings. The number of anilines is 1. The number of methoxy groups -OCH3 is 1. The van der Waals surface area contributed by atoms with E-state index in [1.807, 2.05) is 13.0 Å². The third-order valence-electron chi connectivity index (χ3n) is 3.62. The van der Waals surface area contributed by atoms with Crippen molar-refractivity contribution in [2.75, 3.05) is 19.0 Å². The molecule has 0 radical (unpaired) electrons. The number of ether oxygens (including phenoxy) is 2. The molecule has 136 valence electrons. The van der Waals surface area contributed by atoms with Gasteiger partial charge in [-0.1, -0.05) is 17.7 Å². The molecule has 8 heteroatoms. The quantitative estimate of drug-likeness (QED) is 0.483. The minimum absolute atomic E-state index is 0.120. The Morgan fingerprint density at radius 1 is 1.15 bits per heavy atom. The fourth-order valence-electron chi connectivity index (χ4n) is 2.26. The highest BCUT2D eigenvalue weighted by molar-refractivity contribution is 5.97. The van der Waals surface area contributed by atoms with Crippen molar-refractivity contribution < 1.29 is 24.0 Å². The molecule has 0 bridgehead atoms. The van der Waals surface area contributed by atoms with E-state index in [4.69, 9.17) is 9.47 Å². The highest BCUT2D eigenvalue weighted by Crippen LogP contribution is 2.28. The molecule has 2 aromatic carbocycles. The van der Waals surface area contributed by atoms with Crippen molar-refractivity contribution in [3.63, 3.8) is 0 Å². The molecule has 0 aliphatic rings. The molecule has 0 aliphatic carbocycles.